The Morgan fingerprint density at radius 1 is 1.11 bits per heavy atom. The van der Waals surface area contributed by atoms with Gasteiger partial charge < -0.3 is 30.1 Å². The molecule has 1 fully saturated rings. The lowest BCUT2D eigenvalue weighted by atomic mass is 9.97. The van der Waals surface area contributed by atoms with Gasteiger partial charge in [-0.05, 0) is 37.7 Å². The highest BCUT2D eigenvalue weighted by atomic mass is 35.5. The van der Waals surface area contributed by atoms with Gasteiger partial charge in [-0.3, -0.25) is 14.7 Å². The Morgan fingerprint density at radius 3 is 2.42 bits per heavy atom. The van der Waals surface area contributed by atoms with Gasteiger partial charge in [-0.15, -0.1) is 0 Å². The Balaban J connectivity index is 1.69. The number of aromatic nitrogens is 2. The summed E-state index contributed by atoms with van der Waals surface area (Å²) < 4.78 is 5.24. The molecule has 0 unspecified atom stereocenters. The lowest BCUT2D eigenvalue weighted by molar-refractivity contribution is -0.134. The fraction of sp³-hybridized carbons (Fsp3) is 0.320. The number of piperazine rings is 1. The van der Waals surface area contributed by atoms with Crippen LogP contribution >= 0.6 is 11.6 Å². The molecule has 2 aromatic carbocycles. The number of methoxy groups -OCH3 is 1. The van der Waals surface area contributed by atoms with Crippen LogP contribution in [0.3, 0.4) is 0 Å². The van der Waals surface area contributed by atoms with Crippen molar-refractivity contribution in [2.45, 2.75) is 13.0 Å². The predicted molar refractivity (Wildman–Crippen MR) is 135 cm³/mol. The molecule has 0 bridgehead atoms. The molecule has 190 valence electrons. The van der Waals surface area contributed by atoms with E-state index in [-0.39, 0.29) is 39.4 Å². The monoisotopic (exact) mass is 513 g/mol. The molecule has 1 saturated heterocycles. The molecule has 11 heteroatoms. The van der Waals surface area contributed by atoms with Crippen molar-refractivity contribution >= 4 is 23.4 Å². The van der Waals surface area contributed by atoms with E-state index in [0.29, 0.717) is 30.0 Å². The minimum absolute atomic E-state index is 0.0175. The summed E-state index contributed by atoms with van der Waals surface area (Å²) in [5, 5.41) is 30.2. The summed E-state index contributed by atoms with van der Waals surface area (Å²) in [4.78, 5) is 30.2. The first-order chi connectivity index (χ1) is 17.2. The molecule has 2 heterocycles. The van der Waals surface area contributed by atoms with Crippen molar-refractivity contribution in [1.82, 2.24) is 25.3 Å². The number of carbonyl (C=O) groups excluding carboxylic acids is 2. The molecule has 2 amide bonds. The molecule has 3 aromatic rings. The molecule has 1 aliphatic heterocycles. The van der Waals surface area contributed by atoms with Crippen molar-refractivity contribution < 1.29 is 24.5 Å². The van der Waals surface area contributed by atoms with Crippen LogP contribution in [0.4, 0.5) is 0 Å². The van der Waals surface area contributed by atoms with Crippen LogP contribution in [0, 0.1) is 0 Å². The molecule has 0 saturated carbocycles. The van der Waals surface area contributed by atoms with E-state index in [1.807, 2.05) is 7.05 Å². The first kappa shape index (κ1) is 25.3. The maximum absolute atomic E-state index is 13.3. The number of aromatic hydroxyl groups is 2. The summed E-state index contributed by atoms with van der Waals surface area (Å²) in [6.45, 7) is 4.39. The topological polar surface area (TPSA) is 131 Å². The number of aromatic amines is 1. The van der Waals surface area contributed by atoms with Gasteiger partial charge in [0.2, 0.25) is 5.91 Å². The lowest BCUT2D eigenvalue weighted by Crippen LogP contribution is -2.53. The number of hydrogen-bond donors (Lipinski definition) is 4. The average molecular weight is 514 g/mol. The van der Waals surface area contributed by atoms with Crippen molar-refractivity contribution in [3.05, 3.63) is 47.1 Å². The summed E-state index contributed by atoms with van der Waals surface area (Å²) in [5.74, 6) is -0.613. The minimum Gasteiger partial charge on any atom is -0.507 e. The summed E-state index contributed by atoms with van der Waals surface area (Å²) in [7, 11) is 3.55. The van der Waals surface area contributed by atoms with Gasteiger partial charge in [-0.2, -0.15) is 5.10 Å². The number of benzene rings is 2. The van der Waals surface area contributed by atoms with Gasteiger partial charge in [0.1, 0.15) is 34.7 Å². The van der Waals surface area contributed by atoms with E-state index < -0.39 is 11.9 Å². The molecule has 4 N–H and O–H groups in total. The normalized spacial score (nSPS) is 14.9. The van der Waals surface area contributed by atoms with Gasteiger partial charge in [0.15, 0.2) is 0 Å². The first-order valence-electron chi connectivity index (χ1n) is 11.4. The molecule has 0 radical (unpaired) electrons. The maximum Gasteiger partial charge on any atom is 0.270 e. The second-order valence-electron chi connectivity index (χ2n) is 8.70. The van der Waals surface area contributed by atoms with Crippen LogP contribution < -0.4 is 10.1 Å². The Kier molecular flexibility index (Phi) is 7.37. The predicted octanol–water partition coefficient (Wildman–Crippen LogP) is 2.71. The van der Waals surface area contributed by atoms with Crippen LogP contribution in [0.5, 0.6) is 17.2 Å². The highest BCUT2D eigenvalue weighted by Crippen LogP contribution is 2.41. The Labute approximate surface area is 213 Å². The number of hydrogen-bond acceptors (Lipinski definition) is 7. The summed E-state index contributed by atoms with van der Waals surface area (Å²) in [6.07, 6.45) is 0. The SMILES string of the molecule is COc1ccc(-c2c(-c3cc(Cl)c(O)cc3O)n[nH]c2C(=O)N[C@H](C)C(=O)N2CCN(C)CC2)cc1. The molecule has 1 aliphatic rings. The Bertz CT molecular complexity index is 1270. The van der Waals surface area contributed by atoms with Gasteiger partial charge in [-0.25, -0.2) is 0 Å². The number of amides is 2. The third-order valence-corrected chi connectivity index (χ3v) is 6.53. The zero-order valence-corrected chi connectivity index (χ0v) is 21.0. The zero-order valence-electron chi connectivity index (χ0n) is 20.2. The van der Waals surface area contributed by atoms with Crippen LogP contribution in [0.1, 0.15) is 17.4 Å². The van der Waals surface area contributed by atoms with E-state index in [2.05, 4.69) is 20.4 Å². The summed E-state index contributed by atoms with van der Waals surface area (Å²) in [6, 6.07) is 8.70. The summed E-state index contributed by atoms with van der Waals surface area (Å²) in [5.41, 5.74) is 1.60. The number of nitrogens with one attached hydrogen (secondary N) is 2. The van der Waals surface area contributed by atoms with Crippen LogP contribution in [0.25, 0.3) is 22.4 Å². The van der Waals surface area contributed by atoms with Gasteiger partial charge >= 0.3 is 0 Å². The van der Waals surface area contributed by atoms with Crippen molar-refractivity contribution in [3.8, 4) is 39.6 Å². The van der Waals surface area contributed by atoms with Gasteiger partial charge in [0.25, 0.3) is 5.91 Å². The number of carbonyl (C=O) groups is 2. The molecular formula is C25H28ClN5O5. The van der Waals surface area contributed by atoms with Crippen molar-refractivity contribution in [1.29, 1.82) is 0 Å². The van der Waals surface area contributed by atoms with Gasteiger partial charge in [-0.1, -0.05) is 23.7 Å². The smallest absolute Gasteiger partial charge is 0.270 e. The molecule has 10 nitrogen and oxygen atoms in total. The van der Waals surface area contributed by atoms with Gasteiger partial charge in [0, 0.05) is 43.4 Å². The molecule has 4 rings (SSSR count). The van der Waals surface area contributed by atoms with E-state index in [1.165, 1.54) is 6.07 Å². The van der Waals surface area contributed by atoms with E-state index in [0.717, 1.165) is 19.2 Å². The number of ether oxygens (including phenoxy) is 1. The van der Waals surface area contributed by atoms with Crippen molar-refractivity contribution in [2.24, 2.45) is 0 Å². The van der Waals surface area contributed by atoms with E-state index in [4.69, 9.17) is 16.3 Å². The van der Waals surface area contributed by atoms with Crippen LogP contribution in [-0.4, -0.2) is 88.4 Å². The van der Waals surface area contributed by atoms with Gasteiger partial charge in [0.05, 0.1) is 12.1 Å². The third kappa shape index (κ3) is 5.09. The molecule has 0 spiro atoms. The second kappa shape index (κ2) is 10.5. The highest BCUT2D eigenvalue weighted by molar-refractivity contribution is 6.32. The van der Waals surface area contributed by atoms with E-state index in [1.54, 1.807) is 43.2 Å². The first-order valence-corrected chi connectivity index (χ1v) is 11.8. The van der Waals surface area contributed by atoms with Crippen molar-refractivity contribution in [2.75, 3.05) is 40.3 Å². The standard InChI is InChI=1S/C25H28ClN5O5/c1-14(25(35)31-10-8-30(2)9-11-31)27-24(34)23-21(15-4-6-16(36-3)7-5-15)22(28-29-23)17-12-18(26)20(33)13-19(17)32/h4-7,12-14,32-33H,8-11H2,1-3H3,(H,27,34)(H,28,29)/t14-/m1/s1. The lowest BCUT2D eigenvalue weighted by Gasteiger charge is -2.34. The maximum atomic E-state index is 13.3. The number of nitrogens with zero attached hydrogens (tertiary/aromatic N) is 3. The fourth-order valence-corrected chi connectivity index (χ4v) is 4.28. The number of likely N-dealkylation sites (N-methyl/N-ethyl adjacent to an activating group) is 1. The minimum atomic E-state index is -0.757. The Morgan fingerprint density at radius 2 is 1.78 bits per heavy atom. The molecule has 36 heavy (non-hydrogen) atoms. The number of rotatable bonds is 6. The number of phenolic OH excluding ortho intramolecular Hbond substituents is 2. The molecule has 1 aromatic heterocycles. The Hall–Kier alpha value is -3.76. The zero-order chi connectivity index (χ0) is 26.0. The molecule has 0 aliphatic carbocycles. The van der Waals surface area contributed by atoms with E-state index >= 15 is 0 Å². The van der Waals surface area contributed by atoms with Crippen molar-refractivity contribution in [3.63, 3.8) is 0 Å². The largest absolute Gasteiger partial charge is 0.507 e. The summed E-state index contributed by atoms with van der Waals surface area (Å²) >= 11 is 6.09. The third-order valence-electron chi connectivity index (χ3n) is 6.23. The molecular weight excluding hydrogens is 486 g/mol. The fourth-order valence-electron chi connectivity index (χ4n) is 4.11. The van der Waals surface area contributed by atoms with Crippen LogP contribution in [0.2, 0.25) is 5.02 Å². The number of phenols is 2. The van der Waals surface area contributed by atoms with E-state index in [9.17, 15) is 19.8 Å². The van der Waals surface area contributed by atoms with Crippen LogP contribution in [0.15, 0.2) is 36.4 Å². The van der Waals surface area contributed by atoms with Crippen LogP contribution in [-0.2, 0) is 4.79 Å². The number of H-pyrrole nitrogens is 1. The number of halogens is 1. The quantitative estimate of drug-likeness (QED) is 0.398. The second-order valence-corrected chi connectivity index (χ2v) is 9.10. The molecule has 1 atom stereocenters. The average Bonchev–Trinajstić information content (AvgIpc) is 3.31. The highest BCUT2D eigenvalue weighted by Gasteiger charge is 2.28.